The molecule has 4 heteroatoms. The average Bonchev–Trinajstić information content (AvgIpc) is 2.74. The van der Waals surface area contributed by atoms with Crippen molar-refractivity contribution in [3.8, 4) is 0 Å². The van der Waals surface area contributed by atoms with E-state index < -0.39 is 0 Å². The molecule has 17 heavy (non-hydrogen) atoms. The van der Waals surface area contributed by atoms with Crippen molar-refractivity contribution in [1.29, 1.82) is 0 Å². The van der Waals surface area contributed by atoms with E-state index in [-0.39, 0.29) is 12.0 Å². The Bertz CT molecular complexity index is 340. The fourth-order valence-corrected chi connectivity index (χ4v) is 1.94. The average molecular weight is 239 g/mol. The third kappa shape index (κ3) is 3.07. The quantitative estimate of drug-likeness (QED) is 0.792. The molecule has 0 amide bonds. The standard InChI is InChI=1S/C13H25N3O/c1-10(2)13(8-14,9-17)7-12-5-6-16(15-12)11(3)4/h5-6,10-11,17H,7-9,14H2,1-4H3. The number of aromatic nitrogens is 2. The van der Waals surface area contributed by atoms with E-state index in [9.17, 15) is 5.11 Å². The van der Waals surface area contributed by atoms with Gasteiger partial charge in [-0.3, -0.25) is 4.68 Å². The Morgan fingerprint density at radius 1 is 1.41 bits per heavy atom. The van der Waals surface area contributed by atoms with Gasteiger partial charge in [0.05, 0.1) is 12.3 Å². The van der Waals surface area contributed by atoms with E-state index in [1.54, 1.807) is 0 Å². The van der Waals surface area contributed by atoms with Crippen molar-refractivity contribution in [2.24, 2.45) is 17.1 Å². The van der Waals surface area contributed by atoms with Crippen LogP contribution >= 0.6 is 0 Å². The van der Waals surface area contributed by atoms with E-state index >= 15 is 0 Å². The maximum atomic E-state index is 9.61. The maximum Gasteiger partial charge on any atom is 0.0631 e. The summed E-state index contributed by atoms with van der Waals surface area (Å²) in [5, 5.41) is 14.1. The summed E-state index contributed by atoms with van der Waals surface area (Å²) < 4.78 is 1.94. The zero-order valence-corrected chi connectivity index (χ0v) is 11.3. The van der Waals surface area contributed by atoms with Crippen LogP contribution in [0.1, 0.15) is 39.4 Å². The minimum absolute atomic E-state index is 0.107. The Kier molecular flexibility index (Phi) is 4.71. The van der Waals surface area contributed by atoms with E-state index in [2.05, 4.69) is 32.8 Å². The molecule has 0 aliphatic carbocycles. The predicted molar refractivity (Wildman–Crippen MR) is 69.7 cm³/mol. The minimum atomic E-state index is -0.254. The van der Waals surface area contributed by atoms with Gasteiger partial charge in [-0.25, -0.2) is 0 Å². The molecule has 3 N–H and O–H groups in total. The summed E-state index contributed by atoms with van der Waals surface area (Å²) in [6.45, 7) is 8.99. The van der Waals surface area contributed by atoms with Gasteiger partial charge < -0.3 is 10.8 Å². The van der Waals surface area contributed by atoms with Crippen molar-refractivity contribution in [2.45, 2.75) is 40.2 Å². The van der Waals surface area contributed by atoms with E-state index in [0.29, 0.717) is 18.5 Å². The van der Waals surface area contributed by atoms with Crippen LogP contribution in [0.25, 0.3) is 0 Å². The van der Waals surface area contributed by atoms with Crippen LogP contribution in [0.4, 0.5) is 0 Å². The number of aliphatic hydroxyl groups excluding tert-OH is 1. The summed E-state index contributed by atoms with van der Waals surface area (Å²) >= 11 is 0. The molecule has 1 unspecified atom stereocenters. The lowest BCUT2D eigenvalue weighted by Gasteiger charge is -2.34. The topological polar surface area (TPSA) is 64.1 Å². The Labute approximate surface area is 104 Å². The maximum absolute atomic E-state index is 9.61. The van der Waals surface area contributed by atoms with Crippen molar-refractivity contribution in [3.05, 3.63) is 18.0 Å². The van der Waals surface area contributed by atoms with Gasteiger partial charge in [-0.2, -0.15) is 5.10 Å². The molecule has 1 aromatic rings. The molecule has 1 rings (SSSR count). The molecule has 0 fully saturated rings. The molecule has 0 aromatic carbocycles. The van der Waals surface area contributed by atoms with Crippen molar-refractivity contribution < 1.29 is 5.11 Å². The third-order valence-electron chi connectivity index (χ3n) is 3.67. The van der Waals surface area contributed by atoms with Gasteiger partial charge in [-0.1, -0.05) is 13.8 Å². The van der Waals surface area contributed by atoms with Crippen LogP contribution in [0.3, 0.4) is 0 Å². The molecule has 0 saturated heterocycles. The molecule has 4 nitrogen and oxygen atoms in total. The number of aliphatic hydroxyl groups is 1. The second kappa shape index (κ2) is 5.65. The zero-order valence-electron chi connectivity index (χ0n) is 11.3. The summed E-state index contributed by atoms with van der Waals surface area (Å²) in [4.78, 5) is 0. The molecular formula is C13H25N3O. The summed E-state index contributed by atoms with van der Waals surface area (Å²) in [6.07, 6.45) is 2.72. The molecule has 0 radical (unpaired) electrons. The smallest absolute Gasteiger partial charge is 0.0631 e. The van der Waals surface area contributed by atoms with E-state index in [0.717, 1.165) is 12.1 Å². The lowest BCUT2D eigenvalue weighted by atomic mass is 9.74. The number of nitrogens with two attached hydrogens (primary N) is 1. The largest absolute Gasteiger partial charge is 0.396 e. The highest BCUT2D eigenvalue weighted by atomic mass is 16.3. The van der Waals surface area contributed by atoms with Crippen LogP contribution < -0.4 is 5.73 Å². The first kappa shape index (κ1) is 14.2. The molecule has 0 aliphatic rings. The monoisotopic (exact) mass is 239 g/mol. The molecular weight excluding hydrogens is 214 g/mol. The van der Waals surface area contributed by atoms with Crippen LogP contribution in [0.15, 0.2) is 12.3 Å². The molecule has 0 bridgehead atoms. The molecule has 0 aliphatic heterocycles. The highest BCUT2D eigenvalue weighted by Gasteiger charge is 2.32. The zero-order chi connectivity index (χ0) is 13.1. The van der Waals surface area contributed by atoms with Gasteiger partial charge >= 0.3 is 0 Å². The molecule has 0 spiro atoms. The highest BCUT2D eigenvalue weighted by molar-refractivity contribution is 5.05. The normalized spacial score (nSPS) is 15.5. The summed E-state index contributed by atoms with van der Waals surface area (Å²) in [6, 6.07) is 2.38. The Hall–Kier alpha value is -0.870. The van der Waals surface area contributed by atoms with Crippen LogP contribution in [0.5, 0.6) is 0 Å². The molecule has 1 aromatic heterocycles. The van der Waals surface area contributed by atoms with E-state index in [1.165, 1.54) is 0 Å². The second-order valence-corrected chi connectivity index (χ2v) is 5.44. The SMILES string of the molecule is CC(C)n1ccc(CC(CN)(CO)C(C)C)n1. The van der Waals surface area contributed by atoms with Gasteiger partial charge in [0.2, 0.25) is 0 Å². The number of hydrogen-bond donors (Lipinski definition) is 2. The third-order valence-corrected chi connectivity index (χ3v) is 3.67. The number of hydrogen-bond acceptors (Lipinski definition) is 3. The van der Waals surface area contributed by atoms with Gasteiger partial charge in [0.25, 0.3) is 0 Å². The van der Waals surface area contributed by atoms with Crippen molar-refractivity contribution >= 4 is 0 Å². The Balaban J connectivity index is 2.86. The summed E-state index contributed by atoms with van der Waals surface area (Å²) in [5.41, 5.74) is 6.59. The van der Waals surface area contributed by atoms with Gasteiger partial charge in [-0.05, 0) is 25.8 Å². The Morgan fingerprint density at radius 2 is 2.06 bits per heavy atom. The second-order valence-electron chi connectivity index (χ2n) is 5.44. The van der Waals surface area contributed by atoms with Gasteiger partial charge in [0.1, 0.15) is 0 Å². The van der Waals surface area contributed by atoms with Gasteiger partial charge in [-0.15, -0.1) is 0 Å². The first-order valence-corrected chi connectivity index (χ1v) is 6.30. The van der Waals surface area contributed by atoms with Crippen LogP contribution in [0, 0.1) is 11.3 Å². The fourth-order valence-electron chi connectivity index (χ4n) is 1.94. The summed E-state index contributed by atoms with van der Waals surface area (Å²) in [5.74, 6) is 0.335. The predicted octanol–water partition coefficient (Wildman–Crippen LogP) is 1.60. The van der Waals surface area contributed by atoms with Crippen LogP contribution in [0.2, 0.25) is 0 Å². The van der Waals surface area contributed by atoms with Crippen molar-refractivity contribution in [3.63, 3.8) is 0 Å². The highest BCUT2D eigenvalue weighted by Crippen LogP contribution is 2.29. The number of nitrogens with zero attached hydrogens (tertiary/aromatic N) is 2. The van der Waals surface area contributed by atoms with E-state index in [1.807, 2.05) is 16.9 Å². The lowest BCUT2D eigenvalue weighted by Crippen LogP contribution is -2.41. The van der Waals surface area contributed by atoms with Crippen LogP contribution in [-0.2, 0) is 6.42 Å². The van der Waals surface area contributed by atoms with Crippen molar-refractivity contribution in [1.82, 2.24) is 9.78 Å². The fraction of sp³-hybridized carbons (Fsp3) is 0.769. The lowest BCUT2D eigenvalue weighted by molar-refractivity contribution is 0.0831. The van der Waals surface area contributed by atoms with Gasteiger partial charge in [0, 0.05) is 30.6 Å². The minimum Gasteiger partial charge on any atom is -0.396 e. The first-order valence-electron chi connectivity index (χ1n) is 6.30. The summed E-state index contributed by atoms with van der Waals surface area (Å²) in [7, 11) is 0. The Morgan fingerprint density at radius 3 is 2.41 bits per heavy atom. The number of rotatable bonds is 6. The molecule has 98 valence electrons. The van der Waals surface area contributed by atoms with E-state index in [4.69, 9.17) is 5.73 Å². The van der Waals surface area contributed by atoms with Crippen LogP contribution in [-0.4, -0.2) is 28.0 Å². The first-order chi connectivity index (χ1) is 7.95. The molecule has 1 heterocycles. The molecule has 1 atom stereocenters. The van der Waals surface area contributed by atoms with Crippen molar-refractivity contribution in [2.75, 3.05) is 13.2 Å². The molecule has 0 saturated carbocycles. The van der Waals surface area contributed by atoms with Gasteiger partial charge in [0.15, 0.2) is 0 Å².